The molecule has 0 heterocycles. The van der Waals surface area contributed by atoms with Crippen LogP contribution in [-0.4, -0.2) is 41.8 Å². The number of alkyl carbamates (subject to hydrolysis) is 1. The fraction of sp³-hybridized carbons (Fsp3) is 0.423. The van der Waals surface area contributed by atoms with Crippen LogP contribution < -0.4 is 10.6 Å². The molecule has 0 aromatic heterocycles. The highest BCUT2D eigenvalue weighted by molar-refractivity contribution is 5.80. The van der Waals surface area contributed by atoms with Crippen molar-refractivity contribution in [2.45, 2.75) is 57.0 Å². The minimum absolute atomic E-state index is 0.0227. The lowest BCUT2D eigenvalue weighted by molar-refractivity contribution is -0.137. The highest BCUT2D eigenvalue weighted by atomic mass is 16.5. The van der Waals surface area contributed by atoms with Crippen LogP contribution in [0.15, 0.2) is 48.5 Å². The number of amides is 2. The van der Waals surface area contributed by atoms with Gasteiger partial charge in [-0.25, -0.2) is 4.79 Å². The molecule has 7 nitrogen and oxygen atoms in total. The number of ether oxygens (including phenoxy) is 1. The molecular weight excluding hydrogens is 420 g/mol. The van der Waals surface area contributed by atoms with Gasteiger partial charge in [-0.3, -0.25) is 9.59 Å². The van der Waals surface area contributed by atoms with E-state index in [1.807, 2.05) is 24.3 Å². The predicted octanol–water partition coefficient (Wildman–Crippen LogP) is 4.06. The van der Waals surface area contributed by atoms with Gasteiger partial charge in [-0.1, -0.05) is 55.0 Å². The molecule has 7 heteroatoms. The first-order valence-electron chi connectivity index (χ1n) is 11.5. The van der Waals surface area contributed by atoms with Crippen LogP contribution in [0.2, 0.25) is 0 Å². The molecule has 2 aliphatic carbocycles. The third-order valence-corrected chi connectivity index (χ3v) is 6.66. The SMILES string of the molecule is C[C@@H](CC(=O)O)NC(=O)CC(NC(=O)OCC1c2ccccc2-c2ccccc21)C1CCC1. The number of hydrogen-bond donors (Lipinski definition) is 3. The number of carbonyl (C=O) groups excluding carboxylic acids is 2. The summed E-state index contributed by atoms with van der Waals surface area (Å²) in [6.45, 7) is 1.88. The number of fused-ring (bicyclic) bond motifs is 3. The number of rotatable bonds is 9. The van der Waals surface area contributed by atoms with Gasteiger partial charge in [-0.2, -0.15) is 0 Å². The third kappa shape index (κ3) is 5.35. The topological polar surface area (TPSA) is 105 Å². The van der Waals surface area contributed by atoms with Crippen molar-refractivity contribution >= 4 is 18.0 Å². The fourth-order valence-corrected chi connectivity index (χ4v) is 4.82. The zero-order chi connectivity index (χ0) is 23.4. The molecule has 33 heavy (non-hydrogen) atoms. The molecule has 2 aliphatic rings. The summed E-state index contributed by atoms with van der Waals surface area (Å²) >= 11 is 0. The van der Waals surface area contributed by atoms with Gasteiger partial charge in [-0.15, -0.1) is 0 Å². The van der Waals surface area contributed by atoms with Gasteiger partial charge in [-0.05, 0) is 47.9 Å². The number of carboxylic acids is 1. The van der Waals surface area contributed by atoms with E-state index in [2.05, 4.69) is 34.9 Å². The Hall–Kier alpha value is -3.35. The second kappa shape index (κ2) is 10.1. The molecule has 4 rings (SSSR count). The quantitative estimate of drug-likeness (QED) is 0.534. The van der Waals surface area contributed by atoms with Gasteiger partial charge in [0.25, 0.3) is 0 Å². The number of aliphatic carboxylic acids is 1. The van der Waals surface area contributed by atoms with E-state index in [-0.39, 0.29) is 43.2 Å². The van der Waals surface area contributed by atoms with E-state index < -0.39 is 18.1 Å². The second-order valence-corrected chi connectivity index (χ2v) is 9.04. The van der Waals surface area contributed by atoms with Crippen LogP contribution >= 0.6 is 0 Å². The van der Waals surface area contributed by atoms with E-state index in [1.54, 1.807) is 6.92 Å². The zero-order valence-electron chi connectivity index (χ0n) is 18.8. The van der Waals surface area contributed by atoms with Crippen molar-refractivity contribution in [3.63, 3.8) is 0 Å². The van der Waals surface area contributed by atoms with Gasteiger partial charge in [0, 0.05) is 24.4 Å². The van der Waals surface area contributed by atoms with Crippen molar-refractivity contribution in [2.24, 2.45) is 5.92 Å². The lowest BCUT2D eigenvalue weighted by atomic mass is 9.78. The van der Waals surface area contributed by atoms with E-state index in [0.717, 1.165) is 30.4 Å². The van der Waals surface area contributed by atoms with Crippen LogP contribution in [0, 0.1) is 5.92 Å². The average Bonchev–Trinajstić information content (AvgIpc) is 3.04. The van der Waals surface area contributed by atoms with Crippen LogP contribution in [0.5, 0.6) is 0 Å². The number of carboxylic acid groups (broad SMARTS) is 1. The van der Waals surface area contributed by atoms with Crippen molar-refractivity contribution in [3.05, 3.63) is 59.7 Å². The molecule has 1 unspecified atom stereocenters. The molecule has 0 aliphatic heterocycles. The first-order valence-corrected chi connectivity index (χ1v) is 11.5. The predicted molar refractivity (Wildman–Crippen MR) is 124 cm³/mol. The molecule has 0 spiro atoms. The van der Waals surface area contributed by atoms with Crippen molar-refractivity contribution < 1.29 is 24.2 Å². The maximum Gasteiger partial charge on any atom is 0.407 e. The Bertz CT molecular complexity index is 987. The molecule has 2 amide bonds. The molecule has 0 radical (unpaired) electrons. The lowest BCUT2D eigenvalue weighted by Crippen LogP contribution is -2.47. The first kappa shape index (κ1) is 22.8. The Morgan fingerprint density at radius 1 is 0.970 bits per heavy atom. The third-order valence-electron chi connectivity index (χ3n) is 6.66. The van der Waals surface area contributed by atoms with E-state index in [1.165, 1.54) is 11.1 Å². The molecule has 2 atom stereocenters. The number of carbonyl (C=O) groups is 3. The Morgan fingerprint density at radius 3 is 2.12 bits per heavy atom. The molecule has 2 aromatic rings. The molecule has 0 saturated heterocycles. The highest BCUT2D eigenvalue weighted by Crippen LogP contribution is 2.44. The Morgan fingerprint density at radius 2 is 1.58 bits per heavy atom. The highest BCUT2D eigenvalue weighted by Gasteiger charge is 2.32. The Balaban J connectivity index is 1.36. The monoisotopic (exact) mass is 450 g/mol. The standard InChI is InChI=1S/C26H30N2O5/c1-16(13-25(30)31)27-24(29)14-23(17-7-6-8-17)28-26(32)33-15-22-20-11-4-2-9-18(20)19-10-3-5-12-21(19)22/h2-5,9-12,16-17,22-23H,6-8,13-15H2,1H3,(H,27,29)(H,28,32)(H,30,31)/t16-,23?/m0/s1. The maximum atomic E-state index is 12.7. The Kier molecular flexibility index (Phi) is 6.96. The van der Waals surface area contributed by atoms with Crippen molar-refractivity contribution in [1.82, 2.24) is 10.6 Å². The molecule has 3 N–H and O–H groups in total. The summed E-state index contributed by atoms with van der Waals surface area (Å²) in [5.74, 6) is -1.02. The number of nitrogens with one attached hydrogen (secondary N) is 2. The number of hydrogen-bond acceptors (Lipinski definition) is 4. The van der Waals surface area contributed by atoms with Crippen LogP contribution in [-0.2, 0) is 14.3 Å². The minimum Gasteiger partial charge on any atom is -0.481 e. The lowest BCUT2D eigenvalue weighted by Gasteiger charge is -2.34. The smallest absolute Gasteiger partial charge is 0.407 e. The van der Waals surface area contributed by atoms with Gasteiger partial charge in [0.2, 0.25) is 5.91 Å². The van der Waals surface area contributed by atoms with E-state index in [0.29, 0.717) is 0 Å². The van der Waals surface area contributed by atoms with Crippen molar-refractivity contribution in [3.8, 4) is 11.1 Å². The summed E-state index contributed by atoms with van der Waals surface area (Å²) in [4.78, 5) is 35.9. The van der Waals surface area contributed by atoms with Gasteiger partial charge >= 0.3 is 12.1 Å². The summed E-state index contributed by atoms with van der Waals surface area (Å²) in [5, 5.41) is 14.5. The fourth-order valence-electron chi connectivity index (χ4n) is 4.82. The van der Waals surface area contributed by atoms with E-state index >= 15 is 0 Å². The first-order chi connectivity index (χ1) is 15.9. The van der Waals surface area contributed by atoms with Crippen molar-refractivity contribution in [2.75, 3.05) is 6.61 Å². The summed E-state index contributed by atoms with van der Waals surface area (Å²) in [7, 11) is 0. The van der Waals surface area contributed by atoms with Crippen LogP contribution in [0.25, 0.3) is 11.1 Å². The molecule has 2 aromatic carbocycles. The van der Waals surface area contributed by atoms with Gasteiger partial charge in [0.1, 0.15) is 6.61 Å². The van der Waals surface area contributed by atoms with Gasteiger partial charge < -0.3 is 20.5 Å². The second-order valence-electron chi connectivity index (χ2n) is 9.04. The van der Waals surface area contributed by atoms with E-state index in [9.17, 15) is 14.4 Å². The minimum atomic E-state index is -0.963. The number of benzene rings is 2. The largest absolute Gasteiger partial charge is 0.481 e. The van der Waals surface area contributed by atoms with Crippen molar-refractivity contribution in [1.29, 1.82) is 0 Å². The van der Waals surface area contributed by atoms with Crippen LogP contribution in [0.3, 0.4) is 0 Å². The van der Waals surface area contributed by atoms with Crippen LogP contribution in [0.1, 0.15) is 56.1 Å². The molecule has 174 valence electrons. The summed E-state index contributed by atoms with van der Waals surface area (Å²) < 4.78 is 5.64. The maximum absolute atomic E-state index is 12.7. The molecule has 1 fully saturated rings. The summed E-state index contributed by atoms with van der Waals surface area (Å²) in [6, 6.07) is 15.5. The van der Waals surface area contributed by atoms with E-state index in [4.69, 9.17) is 9.84 Å². The average molecular weight is 451 g/mol. The molecule has 1 saturated carbocycles. The Labute approximate surface area is 193 Å². The molecular formula is C26H30N2O5. The molecule has 0 bridgehead atoms. The summed E-state index contributed by atoms with van der Waals surface area (Å²) in [5.41, 5.74) is 4.63. The van der Waals surface area contributed by atoms with Crippen LogP contribution in [0.4, 0.5) is 4.79 Å². The normalized spacial score (nSPS) is 16.6. The van der Waals surface area contributed by atoms with Gasteiger partial charge in [0.15, 0.2) is 0 Å². The van der Waals surface area contributed by atoms with Gasteiger partial charge in [0.05, 0.1) is 6.42 Å². The zero-order valence-corrected chi connectivity index (χ0v) is 18.8. The summed E-state index contributed by atoms with van der Waals surface area (Å²) in [6.07, 6.45) is 2.42.